The highest BCUT2D eigenvalue weighted by atomic mass is 79.9. The zero-order valence-corrected chi connectivity index (χ0v) is 11.2. The van der Waals surface area contributed by atoms with Crippen LogP contribution < -0.4 is 0 Å². The van der Waals surface area contributed by atoms with Gasteiger partial charge in [0.15, 0.2) is 0 Å². The second-order valence-electron chi connectivity index (χ2n) is 3.01. The number of pyridine rings is 1. The van der Waals surface area contributed by atoms with Crippen molar-refractivity contribution in [3.8, 4) is 0 Å². The molecule has 17 heavy (non-hydrogen) atoms. The van der Waals surface area contributed by atoms with E-state index in [2.05, 4.69) is 20.9 Å². The molecule has 0 unspecified atom stereocenters. The van der Waals surface area contributed by atoms with Gasteiger partial charge in [0.2, 0.25) is 0 Å². The van der Waals surface area contributed by atoms with Gasteiger partial charge in [-0.3, -0.25) is 0 Å². The number of aromatic nitrogens is 1. The molecular formula is C10H9BrClF2NO2. The molecule has 0 saturated heterocycles. The molecule has 0 bridgehead atoms. The van der Waals surface area contributed by atoms with E-state index in [1.807, 2.05) is 0 Å². The van der Waals surface area contributed by atoms with E-state index in [0.29, 0.717) is 4.47 Å². The lowest BCUT2D eigenvalue weighted by atomic mass is 10.2. The average molecular weight is 329 g/mol. The van der Waals surface area contributed by atoms with E-state index in [0.717, 1.165) is 0 Å². The molecule has 3 nitrogen and oxygen atoms in total. The predicted octanol–water partition coefficient (Wildman–Crippen LogP) is 3.70. The SMILES string of the molecule is CCOC(=O)c1cc(Br)c(CCl)c(C(F)F)n1. The van der Waals surface area contributed by atoms with E-state index >= 15 is 0 Å². The molecule has 1 rings (SSSR count). The summed E-state index contributed by atoms with van der Waals surface area (Å²) >= 11 is 8.64. The fraction of sp³-hybridized carbons (Fsp3) is 0.400. The van der Waals surface area contributed by atoms with Crippen LogP contribution in [0.1, 0.15) is 35.1 Å². The third kappa shape index (κ3) is 3.35. The highest BCUT2D eigenvalue weighted by Gasteiger charge is 2.21. The summed E-state index contributed by atoms with van der Waals surface area (Å²) in [6.07, 6.45) is -2.80. The lowest BCUT2D eigenvalue weighted by Crippen LogP contribution is -2.10. The Morgan fingerprint density at radius 1 is 1.65 bits per heavy atom. The number of rotatable bonds is 4. The van der Waals surface area contributed by atoms with Crippen molar-refractivity contribution in [2.24, 2.45) is 0 Å². The largest absolute Gasteiger partial charge is 0.461 e. The third-order valence-corrected chi connectivity index (χ3v) is 2.90. The molecule has 1 heterocycles. The number of nitrogens with zero attached hydrogens (tertiary/aromatic N) is 1. The fourth-order valence-corrected chi connectivity index (χ4v) is 2.18. The maximum absolute atomic E-state index is 12.7. The van der Waals surface area contributed by atoms with Crippen molar-refractivity contribution in [2.45, 2.75) is 19.2 Å². The predicted molar refractivity (Wildman–Crippen MR) is 62.4 cm³/mol. The van der Waals surface area contributed by atoms with E-state index in [4.69, 9.17) is 16.3 Å². The first-order valence-corrected chi connectivity index (χ1v) is 6.04. The minimum absolute atomic E-state index is 0.115. The van der Waals surface area contributed by atoms with Crippen molar-refractivity contribution < 1.29 is 18.3 Å². The third-order valence-electron chi connectivity index (χ3n) is 1.93. The maximum atomic E-state index is 12.7. The molecule has 0 amide bonds. The van der Waals surface area contributed by atoms with Crippen LogP contribution in [0.4, 0.5) is 8.78 Å². The number of carbonyl (C=O) groups excluding carboxylic acids is 1. The number of carbonyl (C=O) groups is 1. The molecule has 0 aromatic carbocycles. The van der Waals surface area contributed by atoms with Gasteiger partial charge in [-0.15, -0.1) is 11.6 Å². The number of alkyl halides is 3. The first kappa shape index (κ1) is 14.3. The Morgan fingerprint density at radius 3 is 2.76 bits per heavy atom. The maximum Gasteiger partial charge on any atom is 0.356 e. The molecule has 0 N–H and O–H groups in total. The molecule has 0 atom stereocenters. The molecule has 0 saturated carbocycles. The van der Waals surface area contributed by atoms with E-state index in [9.17, 15) is 13.6 Å². The standard InChI is InChI=1S/C10H9BrClF2NO2/c1-2-17-10(16)7-3-6(11)5(4-12)8(15-7)9(13)14/h3,9H,2,4H2,1H3. The molecular weight excluding hydrogens is 319 g/mol. The summed E-state index contributed by atoms with van der Waals surface area (Å²) in [7, 11) is 0. The Bertz CT molecular complexity index is 429. The van der Waals surface area contributed by atoms with Crippen LogP contribution in [0.5, 0.6) is 0 Å². The zero-order valence-electron chi connectivity index (χ0n) is 8.84. The van der Waals surface area contributed by atoms with Crippen LogP contribution in [-0.4, -0.2) is 17.6 Å². The van der Waals surface area contributed by atoms with Crippen molar-refractivity contribution in [2.75, 3.05) is 6.61 Å². The van der Waals surface area contributed by atoms with Crippen LogP contribution in [0.25, 0.3) is 0 Å². The first-order chi connectivity index (χ1) is 8.01. The van der Waals surface area contributed by atoms with E-state index < -0.39 is 18.1 Å². The summed E-state index contributed by atoms with van der Waals surface area (Å²) in [6, 6.07) is 1.32. The summed E-state index contributed by atoms with van der Waals surface area (Å²) in [4.78, 5) is 15.0. The highest BCUT2D eigenvalue weighted by molar-refractivity contribution is 9.10. The van der Waals surface area contributed by atoms with Crippen molar-refractivity contribution in [1.82, 2.24) is 4.98 Å². The van der Waals surface area contributed by atoms with Gasteiger partial charge in [-0.2, -0.15) is 0 Å². The number of hydrogen-bond donors (Lipinski definition) is 0. The van der Waals surface area contributed by atoms with Gasteiger partial charge in [-0.25, -0.2) is 18.6 Å². The van der Waals surface area contributed by atoms with E-state index in [1.165, 1.54) is 6.07 Å². The smallest absolute Gasteiger partial charge is 0.356 e. The van der Waals surface area contributed by atoms with Crippen LogP contribution in [-0.2, 0) is 10.6 Å². The Morgan fingerprint density at radius 2 is 2.29 bits per heavy atom. The number of hydrogen-bond acceptors (Lipinski definition) is 3. The van der Waals surface area contributed by atoms with Crippen LogP contribution in [0.2, 0.25) is 0 Å². The average Bonchev–Trinajstić information content (AvgIpc) is 2.28. The first-order valence-electron chi connectivity index (χ1n) is 4.71. The van der Waals surface area contributed by atoms with Gasteiger partial charge in [-0.1, -0.05) is 15.9 Å². The van der Waals surface area contributed by atoms with Crippen molar-refractivity contribution in [1.29, 1.82) is 0 Å². The van der Waals surface area contributed by atoms with E-state index in [1.54, 1.807) is 6.92 Å². The molecule has 0 aliphatic heterocycles. The van der Waals surface area contributed by atoms with Crippen LogP contribution in [0.15, 0.2) is 10.5 Å². The van der Waals surface area contributed by atoms with Gasteiger partial charge in [0, 0.05) is 10.0 Å². The molecule has 0 fully saturated rings. The van der Waals surface area contributed by atoms with Gasteiger partial charge in [0.25, 0.3) is 6.43 Å². The number of halogens is 4. The number of ether oxygens (including phenoxy) is 1. The minimum atomic E-state index is -2.80. The quantitative estimate of drug-likeness (QED) is 0.625. The molecule has 94 valence electrons. The summed E-state index contributed by atoms with van der Waals surface area (Å²) in [5.41, 5.74) is -0.491. The summed E-state index contributed by atoms with van der Waals surface area (Å²) in [6.45, 7) is 1.77. The van der Waals surface area contributed by atoms with Gasteiger partial charge in [0.1, 0.15) is 11.4 Å². The van der Waals surface area contributed by atoms with E-state index in [-0.39, 0.29) is 23.7 Å². The van der Waals surface area contributed by atoms with Crippen LogP contribution >= 0.6 is 27.5 Å². The Hall–Kier alpha value is -0.750. The zero-order chi connectivity index (χ0) is 13.0. The molecule has 1 aromatic rings. The van der Waals surface area contributed by atoms with Crippen LogP contribution in [0, 0.1) is 0 Å². The van der Waals surface area contributed by atoms with Gasteiger partial charge in [-0.05, 0) is 13.0 Å². The lowest BCUT2D eigenvalue weighted by Gasteiger charge is -2.10. The van der Waals surface area contributed by atoms with Gasteiger partial charge in [0.05, 0.1) is 12.5 Å². The summed E-state index contributed by atoms with van der Waals surface area (Å²) in [5, 5.41) is 0. The van der Waals surface area contributed by atoms with Crippen LogP contribution in [0.3, 0.4) is 0 Å². The van der Waals surface area contributed by atoms with Crippen molar-refractivity contribution in [3.63, 3.8) is 0 Å². The second kappa shape index (κ2) is 6.26. The Kier molecular flexibility index (Phi) is 5.27. The molecule has 7 heteroatoms. The summed E-state index contributed by atoms with van der Waals surface area (Å²) in [5.74, 6) is -0.854. The molecule has 1 aromatic heterocycles. The topological polar surface area (TPSA) is 39.2 Å². The van der Waals surface area contributed by atoms with Crippen molar-refractivity contribution in [3.05, 3.63) is 27.5 Å². The van der Waals surface area contributed by atoms with Crippen molar-refractivity contribution >= 4 is 33.5 Å². The Balaban J connectivity index is 3.24. The minimum Gasteiger partial charge on any atom is -0.461 e. The lowest BCUT2D eigenvalue weighted by molar-refractivity contribution is 0.0517. The highest BCUT2D eigenvalue weighted by Crippen LogP contribution is 2.29. The van der Waals surface area contributed by atoms with Gasteiger partial charge >= 0.3 is 5.97 Å². The number of esters is 1. The van der Waals surface area contributed by atoms with Gasteiger partial charge < -0.3 is 4.74 Å². The molecule has 0 radical (unpaired) electrons. The molecule has 0 aliphatic rings. The second-order valence-corrected chi connectivity index (χ2v) is 4.13. The monoisotopic (exact) mass is 327 g/mol. The molecule has 0 aliphatic carbocycles. The fourth-order valence-electron chi connectivity index (χ4n) is 1.18. The normalized spacial score (nSPS) is 10.7. The summed E-state index contributed by atoms with van der Waals surface area (Å²) < 4.78 is 30.5. The molecule has 0 spiro atoms. The Labute approximate surface area is 110 Å².